The van der Waals surface area contributed by atoms with Crippen LogP contribution in [0.1, 0.15) is 22.6 Å². The molecule has 0 fully saturated rings. The van der Waals surface area contributed by atoms with Gasteiger partial charge in [-0.3, -0.25) is 4.79 Å². The smallest absolute Gasteiger partial charge is 0.253 e. The molecule has 0 aliphatic carbocycles. The van der Waals surface area contributed by atoms with Crippen LogP contribution in [-0.4, -0.2) is 22.4 Å². The Kier molecular flexibility index (Phi) is 4.80. The predicted octanol–water partition coefficient (Wildman–Crippen LogP) is 3.61. The number of para-hydroxylation sites is 2. The average Bonchev–Trinajstić information content (AvgIpc) is 2.93. The molecule has 0 aliphatic rings. The van der Waals surface area contributed by atoms with E-state index >= 15 is 0 Å². The van der Waals surface area contributed by atoms with Gasteiger partial charge in [-0.1, -0.05) is 28.1 Å². The van der Waals surface area contributed by atoms with Crippen LogP contribution in [0, 0.1) is 5.82 Å². The maximum atomic E-state index is 13.9. The van der Waals surface area contributed by atoms with Crippen molar-refractivity contribution in [3.8, 4) is 0 Å². The molecular formula is C17H16BrFN4O. The molecule has 7 heteroatoms. The monoisotopic (exact) mass is 390 g/mol. The largest absolute Gasteiger partial charge is 0.384 e. The van der Waals surface area contributed by atoms with Gasteiger partial charge in [0.15, 0.2) is 0 Å². The number of nitrogens with two attached hydrogens (primary N) is 1. The molecule has 1 heterocycles. The summed E-state index contributed by atoms with van der Waals surface area (Å²) in [6.45, 7) is 0.563. The van der Waals surface area contributed by atoms with Crippen molar-refractivity contribution in [2.24, 2.45) is 5.73 Å². The zero-order valence-corrected chi connectivity index (χ0v) is 14.4. The van der Waals surface area contributed by atoms with E-state index in [9.17, 15) is 9.18 Å². The Balaban J connectivity index is 1.63. The Hall–Kier alpha value is -2.41. The molecule has 3 rings (SSSR count). The number of fused-ring (bicyclic) bond motifs is 1. The van der Waals surface area contributed by atoms with Gasteiger partial charge in [0, 0.05) is 17.4 Å². The number of aromatic amines is 1. The SMILES string of the molecule is NC(=O)c1c(F)cc(Br)cc1NCCCc1nc2ccccc2[nH]1. The fraction of sp³-hybridized carbons (Fsp3) is 0.176. The van der Waals surface area contributed by atoms with Crippen LogP contribution in [0.3, 0.4) is 0 Å². The predicted molar refractivity (Wildman–Crippen MR) is 95.5 cm³/mol. The number of carbonyl (C=O) groups is 1. The summed E-state index contributed by atoms with van der Waals surface area (Å²) in [4.78, 5) is 19.2. The van der Waals surface area contributed by atoms with Crippen LogP contribution in [-0.2, 0) is 6.42 Å². The summed E-state index contributed by atoms with van der Waals surface area (Å²) in [7, 11) is 0. The highest BCUT2D eigenvalue weighted by atomic mass is 79.9. The molecule has 0 radical (unpaired) electrons. The zero-order chi connectivity index (χ0) is 17.1. The lowest BCUT2D eigenvalue weighted by molar-refractivity contribution is 0.0997. The van der Waals surface area contributed by atoms with Crippen molar-refractivity contribution in [1.29, 1.82) is 0 Å². The molecule has 0 saturated carbocycles. The van der Waals surface area contributed by atoms with Crippen molar-refractivity contribution < 1.29 is 9.18 Å². The third-order valence-corrected chi connectivity index (χ3v) is 4.10. The van der Waals surface area contributed by atoms with Crippen LogP contribution in [0.15, 0.2) is 40.9 Å². The minimum Gasteiger partial charge on any atom is -0.384 e. The van der Waals surface area contributed by atoms with Crippen LogP contribution >= 0.6 is 15.9 Å². The highest BCUT2D eigenvalue weighted by molar-refractivity contribution is 9.10. The molecule has 5 nitrogen and oxygen atoms in total. The molecule has 0 unspecified atom stereocenters. The number of hydrogen-bond acceptors (Lipinski definition) is 3. The van der Waals surface area contributed by atoms with Crippen molar-refractivity contribution in [3.63, 3.8) is 0 Å². The van der Waals surface area contributed by atoms with Gasteiger partial charge in [-0.25, -0.2) is 9.37 Å². The first kappa shape index (κ1) is 16.4. The summed E-state index contributed by atoms with van der Waals surface area (Å²) in [6.07, 6.45) is 1.51. The van der Waals surface area contributed by atoms with Crippen molar-refractivity contribution in [1.82, 2.24) is 9.97 Å². The molecule has 124 valence electrons. The van der Waals surface area contributed by atoms with Gasteiger partial charge in [0.25, 0.3) is 5.91 Å². The van der Waals surface area contributed by atoms with Gasteiger partial charge in [-0.15, -0.1) is 0 Å². The highest BCUT2D eigenvalue weighted by Crippen LogP contribution is 2.24. The van der Waals surface area contributed by atoms with Gasteiger partial charge in [-0.05, 0) is 30.7 Å². The third-order valence-electron chi connectivity index (χ3n) is 3.65. The summed E-state index contributed by atoms with van der Waals surface area (Å²) in [5.41, 5.74) is 7.46. The lowest BCUT2D eigenvalue weighted by atomic mass is 10.1. The van der Waals surface area contributed by atoms with Crippen molar-refractivity contribution in [3.05, 3.63) is 58.1 Å². The van der Waals surface area contributed by atoms with Crippen LogP contribution in [0.4, 0.5) is 10.1 Å². The van der Waals surface area contributed by atoms with E-state index in [4.69, 9.17) is 5.73 Å². The Morgan fingerprint density at radius 2 is 2.12 bits per heavy atom. The van der Waals surface area contributed by atoms with Crippen LogP contribution in [0.25, 0.3) is 11.0 Å². The third kappa shape index (κ3) is 3.56. The molecule has 0 spiro atoms. The Labute approximate surface area is 146 Å². The van der Waals surface area contributed by atoms with Crippen LogP contribution in [0.2, 0.25) is 0 Å². The molecule has 0 aliphatic heterocycles. The fourth-order valence-electron chi connectivity index (χ4n) is 2.57. The normalized spacial score (nSPS) is 10.9. The standard InChI is InChI=1S/C17H16BrFN4O/c18-10-8-11(19)16(17(20)24)14(9-10)21-7-3-6-15-22-12-4-1-2-5-13(12)23-15/h1-2,4-5,8-9,21H,3,6-7H2,(H2,20,24)(H,22,23). The molecule has 2 aromatic carbocycles. The van der Waals surface area contributed by atoms with Crippen LogP contribution < -0.4 is 11.1 Å². The Morgan fingerprint density at radius 1 is 1.33 bits per heavy atom. The van der Waals surface area contributed by atoms with Crippen molar-refractivity contribution >= 4 is 38.6 Å². The molecule has 24 heavy (non-hydrogen) atoms. The fourth-order valence-corrected chi connectivity index (χ4v) is 3.00. The number of hydrogen-bond donors (Lipinski definition) is 3. The number of carbonyl (C=O) groups excluding carboxylic acids is 1. The molecular weight excluding hydrogens is 375 g/mol. The topological polar surface area (TPSA) is 83.8 Å². The second-order valence-electron chi connectivity index (χ2n) is 5.41. The number of primary amides is 1. The number of amides is 1. The van der Waals surface area contributed by atoms with E-state index in [1.165, 1.54) is 6.07 Å². The first-order valence-corrected chi connectivity index (χ1v) is 8.30. The molecule has 1 aromatic heterocycles. The van der Waals surface area contributed by atoms with Gasteiger partial charge in [0.05, 0.1) is 22.3 Å². The average molecular weight is 391 g/mol. The number of H-pyrrole nitrogens is 1. The molecule has 0 atom stereocenters. The van der Waals surface area contributed by atoms with E-state index in [1.54, 1.807) is 6.07 Å². The van der Waals surface area contributed by atoms with Gasteiger partial charge in [0.1, 0.15) is 11.6 Å². The second kappa shape index (κ2) is 7.00. The number of anilines is 1. The quantitative estimate of drug-likeness (QED) is 0.562. The van der Waals surface area contributed by atoms with E-state index in [0.29, 0.717) is 16.7 Å². The summed E-state index contributed by atoms with van der Waals surface area (Å²) in [5.74, 6) is -0.537. The summed E-state index contributed by atoms with van der Waals surface area (Å²) < 4.78 is 14.4. The number of nitrogens with one attached hydrogen (secondary N) is 2. The number of imidazole rings is 1. The molecule has 0 bridgehead atoms. The Bertz CT molecular complexity index is 860. The zero-order valence-electron chi connectivity index (χ0n) is 12.8. The number of aromatic nitrogens is 2. The van der Waals surface area contributed by atoms with Gasteiger partial charge < -0.3 is 16.0 Å². The molecule has 0 saturated heterocycles. The molecule has 3 aromatic rings. The van der Waals surface area contributed by atoms with E-state index in [-0.39, 0.29) is 5.56 Å². The van der Waals surface area contributed by atoms with Crippen molar-refractivity contribution in [2.45, 2.75) is 12.8 Å². The van der Waals surface area contributed by atoms with Crippen molar-refractivity contribution in [2.75, 3.05) is 11.9 Å². The van der Waals surface area contributed by atoms with Gasteiger partial charge >= 0.3 is 0 Å². The van der Waals surface area contributed by atoms with E-state index in [1.807, 2.05) is 24.3 Å². The summed E-state index contributed by atoms with van der Waals surface area (Å²) in [5, 5.41) is 3.07. The first-order chi connectivity index (χ1) is 11.5. The number of halogens is 2. The molecule has 1 amide bonds. The lowest BCUT2D eigenvalue weighted by Gasteiger charge is -2.11. The van der Waals surface area contributed by atoms with Gasteiger partial charge in [-0.2, -0.15) is 0 Å². The van der Waals surface area contributed by atoms with Gasteiger partial charge in [0.2, 0.25) is 0 Å². The summed E-state index contributed by atoms with van der Waals surface area (Å²) >= 11 is 3.21. The first-order valence-electron chi connectivity index (χ1n) is 7.51. The van der Waals surface area contributed by atoms with E-state index in [0.717, 1.165) is 29.7 Å². The lowest BCUT2D eigenvalue weighted by Crippen LogP contribution is -2.17. The highest BCUT2D eigenvalue weighted by Gasteiger charge is 2.15. The Morgan fingerprint density at radius 3 is 2.88 bits per heavy atom. The maximum absolute atomic E-state index is 13.9. The second-order valence-corrected chi connectivity index (χ2v) is 6.32. The minimum absolute atomic E-state index is 0.123. The summed E-state index contributed by atoms with van der Waals surface area (Å²) in [6, 6.07) is 10.7. The number of nitrogens with zero attached hydrogens (tertiary/aromatic N) is 1. The van der Waals surface area contributed by atoms with Crippen LogP contribution in [0.5, 0.6) is 0 Å². The molecule has 4 N–H and O–H groups in total. The van der Waals surface area contributed by atoms with E-state index < -0.39 is 11.7 Å². The number of rotatable bonds is 6. The van der Waals surface area contributed by atoms with E-state index in [2.05, 4.69) is 31.2 Å². The maximum Gasteiger partial charge on any atom is 0.253 e. The number of benzene rings is 2. The minimum atomic E-state index is -0.792. The number of aryl methyl sites for hydroxylation is 1.